The van der Waals surface area contributed by atoms with Gasteiger partial charge >= 0.3 is 5.97 Å². The van der Waals surface area contributed by atoms with Crippen molar-refractivity contribution in [3.8, 4) is 0 Å². The average molecular weight is 293 g/mol. The predicted molar refractivity (Wildman–Crippen MR) is 77.3 cm³/mol. The Hall–Kier alpha value is -2.18. The van der Waals surface area contributed by atoms with Crippen molar-refractivity contribution in [3.05, 3.63) is 28.4 Å². The molecule has 1 fully saturated rings. The standard InChI is InChI=1S/C14H19N3O4/c1-2-5-14(13(18)19)6-8-16(9-7-14)12-4-3-11(10-15-12)17(20)21/h3-4,10H,2,5-9H2,1H3,(H,18,19). The van der Waals surface area contributed by atoms with Gasteiger partial charge in [-0.05, 0) is 25.3 Å². The molecule has 0 spiro atoms. The van der Waals surface area contributed by atoms with Crippen LogP contribution in [0.2, 0.25) is 0 Å². The second-order valence-corrected chi connectivity index (χ2v) is 5.45. The Balaban J connectivity index is 2.06. The number of piperidine rings is 1. The lowest BCUT2D eigenvalue weighted by molar-refractivity contribution is -0.385. The van der Waals surface area contributed by atoms with Crippen LogP contribution in [0.3, 0.4) is 0 Å². The molecule has 2 rings (SSSR count). The molecule has 7 heteroatoms. The first-order valence-electron chi connectivity index (χ1n) is 7.07. The van der Waals surface area contributed by atoms with Gasteiger partial charge in [0, 0.05) is 19.2 Å². The predicted octanol–water partition coefficient (Wildman–Crippen LogP) is 2.46. The highest BCUT2D eigenvalue weighted by Crippen LogP contribution is 2.37. The third-order valence-electron chi connectivity index (χ3n) is 4.17. The van der Waals surface area contributed by atoms with Gasteiger partial charge in [-0.2, -0.15) is 0 Å². The molecule has 0 aliphatic carbocycles. The van der Waals surface area contributed by atoms with E-state index in [0.717, 1.165) is 6.42 Å². The number of pyridine rings is 1. The summed E-state index contributed by atoms with van der Waals surface area (Å²) in [6.07, 6.45) is 3.93. The monoisotopic (exact) mass is 293 g/mol. The molecule has 1 saturated heterocycles. The molecule has 114 valence electrons. The van der Waals surface area contributed by atoms with Gasteiger partial charge in [0.05, 0.1) is 10.3 Å². The van der Waals surface area contributed by atoms with Crippen LogP contribution in [0.15, 0.2) is 18.3 Å². The summed E-state index contributed by atoms with van der Waals surface area (Å²) in [7, 11) is 0. The zero-order chi connectivity index (χ0) is 15.5. The molecule has 2 heterocycles. The number of aromatic nitrogens is 1. The summed E-state index contributed by atoms with van der Waals surface area (Å²) < 4.78 is 0. The molecule has 0 aromatic carbocycles. The molecule has 1 aliphatic rings. The van der Waals surface area contributed by atoms with Gasteiger partial charge in [0.2, 0.25) is 0 Å². The highest BCUT2D eigenvalue weighted by Gasteiger charge is 2.40. The number of nitrogens with zero attached hydrogens (tertiary/aromatic N) is 3. The van der Waals surface area contributed by atoms with E-state index in [1.165, 1.54) is 12.3 Å². The van der Waals surface area contributed by atoms with E-state index in [1.807, 2.05) is 11.8 Å². The van der Waals surface area contributed by atoms with Crippen LogP contribution >= 0.6 is 0 Å². The highest BCUT2D eigenvalue weighted by molar-refractivity contribution is 5.75. The fourth-order valence-electron chi connectivity index (χ4n) is 2.89. The van der Waals surface area contributed by atoms with E-state index in [1.54, 1.807) is 6.07 Å². The summed E-state index contributed by atoms with van der Waals surface area (Å²) in [4.78, 5) is 27.7. The quantitative estimate of drug-likeness (QED) is 0.661. The van der Waals surface area contributed by atoms with Crippen molar-refractivity contribution in [2.24, 2.45) is 5.41 Å². The smallest absolute Gasteiger partial charge is 0.309 e. The van der Waals surface area contributed by atoms with Gasteiger partial charge in [-0.1, -0.05) is 13.3 Å². The molecule has 0 unspecified atom stereocenters. The van der Waals surface area contributed by atoms with E-state index < -0.39 is 16.3 Å². The number of anilines is 1. The van der Waals surface area contributed by atoms with Gasteiger partial charge in [0.25, 0.3) is 5.69 Å². The first kappa shape index (κ1) is 15.2. The van der Waals surface area contributed by atoms with Crippen LogP contribution in [-0.2, 0) is 4.79 Å². The van der Waals surface area contributed by atoms with Crippen molar-refractivity contribution in [1.82, 2.24) is 4.98 Å². The summed E-state index contributed by atoms with van der Waals surface area (Å²) in [6, 6.07) is 3.04. The van der Waals surface area contributed by atoms with Gasteiger partial charge in [-0.25, -0.2) is 4.98 Å². The van der Waals surface area contributed by atoms with Crippen molar-refractivity contribution >= 4 is 17.5 Å². The maximum atomic E-state index is 11.5. The Morgan fingerprint density at radius 3 is 2.57 bits per heavy atom. The van der Waals surface area contributed by atoms with Crippen LogP contribution in [0.25, 0.3) is 0 Å². The lowest BCUT2D eigenvalue weighted by Gasteiger charge is -2.39. The largest absolute Gasteiger partial charge is 0.481 e. The van der Waals surface area contributed by atoms with Crippen molar-refractivity contribution in [3.63, 3.8) is 0 Å². The first-order chi connectivity index (χ1) is 9.98. The Morgan fingerprint density at radius 2 is 2.14 bits per heavy atom. The molecule has 1 aromatic rings. The molecule has 0 saturated carbocycles. The van der Waals surface area contributed by atoms with E-state index >= 15 is 0 Å². The molecule has 1 aliphatic heterocycles. The SMILES string of the molecule is CCCC1(C(=O)O)CCN(c2ccc([N+](=O)[O-])cn2)CC1. The molecule has 0 bridgehead atoms. The lowest BCUT2D eigenvalue weighted by Crippen LogP contribution is -2.44. The topological polar surface area (TPSA) is 96.6 Å². The van der Waals surface area contributed by atoms with E-state index in [4.69, 9.17) is 0 Å². The Bertz CT molecular complexity index is 522. The minimum atomic E-state index is -0.722. The molecular formula is C14H19N3O4. The minimum Gasteiger partial charge on any atom is -0.481 e. The van der Waals surface area contributed by atoms with Gasteiger partial charge in [0.15, 0.2) is 0 Å². The molecule has 0 amide bonds. The summed E-state index contributed by atoms with van der Waals surface area (Å²) >= 11 is 0. The van der Waals surface area contributed by atoms with Crippen LogP contribution in [0.5, 0.6) is 0 Å². The van der Waals surface area contributed by atoms with Gasteiger partial charge in [-0.15, -0.1) is 0 Å². The third-order valence-corrected chi connectivity index (χ3v) is 4.17. The van der Waals surface area contributed by atoms with E-state index in [-0.39, 0.29) is 5.69 Å². The Labute approximate surface area is 122 Å². The maximum Gasteiger partial charge on any atom is 0.309 e. The average Bonchev–Trinajstić information content (AvgIpc) is 2.48. The number of nitro groups is 1. The van der Waals surface area contributed by atoms with Crippen LogP contribution in [0.4, 0.5) is 11.5 Å². The number of carbonyl (C=O) groups is 1. The fourth-order valence-corrected chi connectivity index (χ4v) is 2.89. The van der Waals surface area contributed by atoms with Crippen molar-refractivity contribution in [2.45, 2.75) is 32.6 Å². The summed E-state index contributed by atoms with van der Waals surface area (Å²) in [5.41, 5.74) is -0.673. The fraction of sp³-hybridized carbons (Fsp3) is 0.571. The zero-order valence-corrected chi connectivity index (χ0v) is 12.0. The van der Waals surface area contributed by atoms with Crippen LogP contribution < -0.4 is 4.90 Å². The van der Waals surface area contributed by atoms with Crippen LogP contribution in [0.1, 0.15) is 32.6 Å². The molecule has 1 N–H and O–H groups in total. The van der Waals surface area contributed by atoms with Gasteiger partial charge < -0.3 is 10.0 Å². The summed E-state index contributed by atoms with van der Waals surface area (Å²) in [6.45, 7) is 3.21. The number of carboxylic acids is 1. The van der Waals surface area contributed by atoms with Crippen LogP contribution in [-0.4, -0.2) is 34.1 Å². The number of hydrogen-bond donors (Lipinski definition) is 1. The van der Waals surface area contributed by atoms with Crippen molar-refractivity contribution in [1.29, 1.82) is 0 Å². The second kappa shape index (κ2) is 6.07. The number of rotatable bonds is 5. The normalized spacial score (nSPS) is 17.5. The minimum absolute atomic E-state index is 0.0402. The number of carboxylic acid groups (broad SMARTS) is 1. The molecule has 7 nitrogen and oxygen atoms in total. The van der Waals surface area contributed by atoms with Crippen molar-refractivity contribution in [2.75, 3.05) is 18.0 Å². The molecule has 0 atom stereocenters. The summed E-state index contributed by atoms with van der Waals surface area (Å²) in [5, 5.41) is 20.1. The number of aliphatic carboxylic acids is 1. The molecular weight excluding hydrogens is 274 g/mol. The molecule has 0 radical (unpaired) electrons. The first-order valence-corrected chi connectivity index (χ1v) is 7.07. The van der Waals surface area contributed by atoms with Crippen molar-refractivity contribution < 1.29 is 14.8 Å². The molecule has 21 heavy (non-hydrogen) atoms. The van der Waals surface area contributed by atoms with E-state index in [9.17, 15) is 20.0 Å². The number of hydrogen-bond acceptors (Lipinski definition) is 5. The van der Waals surface area contributed by atoms with E-state index in [0.29, 0.717) is 38.2 Å². The second-order valence-electron chi connectivity index (χ2n) is 5.45. The maximum absolute atomic E-state index is 11.5. The lowest BCUT2D eigenvalue weighted by atomic mass is 9.75. The summed E-state index contributed by atoms with van der Waals surface area (Å²) in [5.74, 6) is -0.0586. The highest BCUT2D eigenvalue weighted by atomic mass is 16.6. The van der Waals surface area contributed by atoms with Gasteiger partial charge in [0.1, 0.15) is 12.0 Å². The zero-order valence-electron chi connectivity index (χ0n) is 12.0. The third kappa shape index (κ3) is 3.12. The Morgan fingerprint density at radius 1 is 1.48 bits per heavy atom. The van der Waals surface area contributed by atoms with Gasteiger partial charge in [-0.3, -0.25) is 14.9 Å². The molecule has 1 aromatic heterocycles. The Kier molecular flexibility index (Phi) is 4.40. The van der Waals surface area contributed by atoms with E-state index in [2.05, 4.69) is 4.98 Å². The van der Waals surface area contributed by atoms with Crippen LogP contribution in [0, 0.1) is 15.5 Å².